The van der Waals surface area contributed by atoms with E-state index in [9.17, 15) is 19.8 Å². The normalized spacial score (nSPS) is 13.1. The van der Waals surface area contributed by atoms with Gasteiger partial charge in [0, 0.05) is 30.5 Å². The number of ether oxygens (including phenoxy) is 4. The molecule has 5 rings (SSSR count). The number of methoxy groups -OCH3 is 1. The van der Waals surface area contributed by atoms with Gasteiger partial charge in [-0.25, -0.2) is 14.6 Å². The Balaban J connectivity index is 1.61. The topological polar surface area (TPSA) is 142 Å². The number of nitrogens with zero attached hydrogens (tertiary/aromatic N) is 3. The molecule has 11 nitrogen and oxygen atoms in total. The van der Waals surface area contributed by atoms with E-state index < -0.39 is 11.9 Å². The fourth-order valence-electron chi connectivity index (χ4n) is 4.43. The molecule has 4 aromatic rings. The summed E-state index contributed by atoms with van der Waals surface area (Å²) >= 11 is 0. The first-order chi connectivity index (χ1) is 20.3. The number of carboxylic acid groups (broad SMARTS) is 2. The second-order valence-corrected chi connectivity index (χ2v) is 9.66. The van der Waals surface area contributed by atoms with Crippen LogP contribution < -0.4 is 18.9 Å². The van der Waals surface area contributed by atoms with Gasteiger partial charge in [0.15, 0.2) is 23.0 Å². The van der Waals surface area contributed by atoms with E-state index in [-0.39, 0.29) is 41.8 Å². The third-order valence-corrected chi connectivity index (χ3v) is 6.94. The number of benzene rings is 2. The molecule has 11 heteroatoms. The van der Waals surface area contributed by atoms with E-state index in [2.05, 4.69) is 4.98 Å². The van der Waals surface area contributed by atoms with Crippen LogP contribution in [0, 0.1) is 0 Å². The largest absolute Gasteiger partial charge is 0.497 e. The number of hydrogen-bond acceptors (Lipinski definition) is 8. The van der Waals surface area contributed by atoms with E-state index in [1.165, 1.54) is 31.6 Å². The third kappa shape index (κ3) is 5.90. The van der Waals surface area contributed by atoms with Crippen molar-refractivity contribution in [2.75, 3.05) is 13.9 Å². The lowest BCUT2D eigenvalue weighted by Crippen LogP contribution is -2.07. The fourth-order valence-corrected chi connectivity index (χ4v) is 4.43. The second kappa shape index (κ2) is 12.0. The maximum atomic E-state index is 12.4. The first kappa shape index (κ1) is 28.2. The minimum atomic E-state index is -1.17. The van der Waals surface area contributed by atoms with Gasteiger partial charge in [0.25, 0.3) is 0 Å². The number of fused-ring (bicyclic) bond motifs is 1. The minimum absolute atomic E-state index is 0.0351. The molecule has 0 radical (unpaired) electrons. The number of carbonyl (C=O) groups is 2. The summed E-state index contributed by atoms with van der Waals surface area (Å²) in [7, 11) is 1.51. The Hall–Kier alpha value is -5.32. The lowest BCUT2D eigenvalue weighted by atomic mass is 10.0. The van der Waals surface area contributed by atoms with Crippen molar-refractivity contribution in [1.29, 1.82) is 0 Å². The Bertz CT molecular complexity index is 1680. The van der Waals surface area contributed by atoms with Crippen molar-refractivity contribution in [2.45, 2.75) is 32.6 Å². The van der Waals surface area contributed by atoms with E-state index >= 15 is 0 Å². The molecule has 0 amide bonds. The van der Waals surface area contributed by atoms with Crippen LogP contribution in [-0.2, 0) is 11.2 Å². The molecule has 0 fully saturated rings. The monoisotopic (exact) mass is 571 g/mol. The van der Waals surface area contributed by atoms with Crippen LogP contribution in [0.5, 0.6) is 28.7 Å². The smallest absolute Gasteiger partial charge is 0.339 e. The summed E-state index contributed by atoms with van der Waals surface area (Å²) in [6.45, 7) is 4.19. The average molecular weight is 572 g/mol. The zero-order valence-corrected chi connectivity index (χ0v) is 23.2. The Kier molecular flexibility index (Phi) is 8.09. The molecule has 1 aliphatic heterocycles. The first-order valence-corrected chi connectivity index (χ1v) is 13.2. The quantitative estimate of drug-likeness (QED) is 0.215. The van der Waals surface area contributed by atoms with Crippen molar-refractivity contribution in [3.8, 4) is 34.4 Å². The minimum Gasteiger partial charge on any atom is -0.497 e. The number of carboxylic acids is 2. The van der Waals surface area contributed by atoms with Crippen LogP contribution in [0.25, 0.3) is 11.8 Å². The molecule has 1 atom stereocenters. The molecule has 0 bridgehead atoms. The van der Waals surface area contributed by atoms with Crippen molar-refractivity contribution in [3.05, 3.63) is 89.3 Å². The molecule has 2 aromatic heterocycles. The summed E-state index contributed by atoms with van der Waals surface area (Å²) in [5, 5.41) is 19.8. The van der Waals surface area contributed by atoms with Gasteiger partial charge in [-0.15, -0.1) is 0 Å². The maximum absolute atomic E-state index is 12.4. The molecular weight excluding hydrogens is 542 g/mol. The molecular formula is C31H29N3O8. The van der Waals surface area contributed by atoms with Gasteiger partial charge >= 0.3 is 11.9 Å². The van der Waals surface area contributed by atoms with E-state index in [0.717, 1.165) is 17.7 Å². The lowest BCUT2D eigenvalue weighted by molar-refractivity contribution is -0.132. The lowest BCUT2D eigenvalue weighted by Gasteiger charge is -2.15. The van der Waals surface area contributed by atoms with Gasteiger partial charge < -0.3 is 29.2 Å². The molecule has 0 saturated carbocycles. The van der Waals surface area contributed by atoms with Crippen LogP contribution in [0.4, 0.5) is 0 Å². The third-order valence-electron chi connectivity index (χ3n) is 6.94. The highest BCUT2D eigenvalue weighted by Gasteiger charge is 2.21. The molecule has 0 spiro atoms. The predicted octanol–water partition coefficient (Wildman–Crippen LogP) is 5.72. The Morgan fingerprint density at radius 3 is 2.64 bits per heavy atom. The van der Waals surface area contributed by atoms with Crippen molar-refractivity contribution in [1.82, 2.24) is 14.5 Å². The molecule has 2 aromatic carbocycles. The van der Waals surface area contributed by atoms with E-state index in [1.807, 2.05) is 20.0 Å². The average Bonchev–Trinajstić information content (AvgIpc) is 3.63. The van der Waals surface area contributed by atoms with Crippen LogP contribution in [0.15, 0.2) is 66.6 Å². The number of hydrogen-bond donors (Lipinski definition) is 2. The van der Waals surface area contributed by atoms with Gasteiger partial charge in [0.05, 0.1) is 24.7 Å². The summed E-state index contributed by atoms with van der Waals surface area (Å²) in [5.41, 5.74) is 2.02. The van der Waals surface area contributed by atoms with Crippen molar-refractivity contribution in [2.24, 2.45) is 0 Å². The predicted molar refractivity (Wildman–Crippen MR) is 152 cm³/mol. The number of pyridine rings is 1. The Labute approximate surface area is 241 Å². The van der Waals surface area contributed by atoms with Gasteiger partial charge in [-0.2, -0.15) is 0 Å². The van der Waals surface area contributed by atoms with Crippen LogP contribution >= 0.6 is 0 Å². The zero-order valence-electron chi connectivity index (χ0n) is 23.2. The highest BCUT2D eigenvalue weighted by Crippen LogP contribution is 2.36. The number of aliphatic carboxylic acids is 1. The number of aromatic nitrogens is 3. The fraction of sp³-hybridized carbons (Fsp3) is 0.226. The summed E-state index contributed by atoms with van der Waals surface area (Å²) in [6, 6.07) is 11.7. The van der Waals surface area contributed by atoms with Gasteiger partial charge in [0.2, 0.25) is 6.79 Å². The van der Waals surface area contributed by atoms with Crippen molar-refractivity contribution in [3.63, 3.8) is 0 Å². The highest BCUT2D eigenvalue weighted by atomic mass is 16.7. The first-order valence-electron chi connectivity index (χ1n) is 13.2. The van der Waals surface area contributed by atoms with Crippen LogP contribution in [0.2, 0.25) is 0 Å². The van der Waals surface area contributed by atoms with E-state index in [4.69, 9.17) is 23.9 Å². The van der Waals surface area contributed by atoms with Gasteiger partial charge in [-0.1, -0.05) is 19.9 Å². The molecule has 0 saturated heterocycles. The number of imidazole rings is 1. The van der Waals surface area contributed by atoms with E-state index in [1.54, 1.807) is 41.0 Å². The molecule has 216 valence electrons. The summed E-state index contributed by atoms with van der Waals surface area (Å²) in [4.78, 5) is 33.1. The SMILES string of the molecule is CCC(C)c1cn(-c2ccc(OC)cc2Oc2cnccc2C(=O)O)c(C=C(Cc2ccc3c(c2)OCO3)C(=O)O)n1. The molecule has 1 aliphatic rings. The summed E-state index contributed by atoms with van der Waals surface area (Å²) in [6.07, 6.45) is 6.97. The molecule has 0 aliphatic carbocycles. The van der Waals surface area contributed by atoms with Gasteiger partial charge in [-0.05, 0) is 54.3 Å². The van der Waals surface area contributed by atoms with Crippen molar-refractivity contribution < 1.29 is 38.7 Å². The van der Waals surface area contributed by atoms with E-state index in [0.29, 0.717) is 28.8 Å². The highest BCUT2D eigenvalue weighted by molar-refractivity contribution is 5.92. The van der Waals surface area contributed by atoms with Crippen LogP contribution in [0.1, 0.15) is 53.6 Å². The van der Waals surface area contributed by atoms with Crippen molar-refractivity contribution >= 4 is 18.0 Å². The van der Waals surface area contributed by atoms with Gasteiger partial charge in [0.1, 0.15) is 17.1 Å². The second-order valence-electron chi connectivity index (χ2n) is 9.66. The molecule has 1 unspecified atom stereocenters. The summed E-state index contributed by atoms with van der Waals surface area (Å²) in [5.74, 6) is 0.130. The Morgan fingerprint density at radius 2 is 1.90 bits per heavy atom. The summed E-state index contributed by atoms with van der Waals surface area (Å²) < 4.78 is 24.1. The Morgan fingerprint density at radius 1 is 1.10 bits per heavy atom. The zero-order chi connectivity index (χ0) is 29.8. The van der Waals surface area contributed by atoms with Crippen LogP contribution in [0.3, 0.4) is 0 Å². The molecule has 3 heterocycles. The molecule has 2 N–H and O–H groups in total. The molecule has 42 heavy (non-hydrogen) atoms. The number of rotatable bonds is 11. The van der Waals surface area contributed by atoms with Crippen LogP contribution in [-0.4, -0.2) is 50.6 Å². The maximum Gasteiger partial charge on any atom is 0.339 e. The van der Waals surface area contributed by atoms with Gasteiger partial charge in [-0.3, -0.25) is 9.55 Å². The standard InChI is InChI=1S/C31H29N3O8/c1-4-18(2)23-16-34(24-7-6-21(39-3)14-26(24)42-28-15-32-10-9-22(28)31(37)38)29(33-23)13-20(30(35)36)11-19-5-8-25-27(12-19)41-17-40-25/h5-10,12-16,18H,4,11,17H2,1-3H3,(H,35,36)(H,37,38). The number of aromatic carboxylic acids is 1.